The van der Waals surface area contributed by atoms with Crippen molar-refractivity contribution < 1.29 is 29.6 Å². The van der Waals surface area contributed by atoms with Gasteiger partial charge < -0.3 is 24.8 Å². The summed E-state index contributed by atoms with van der Waals surface area (Å²) < 4.78 is 10.8. The second kappa shape index (κ2) is 7.86. The summed E-state index contributed by atoms with van der Waals surface area (Å²) in [5, 5.41) is 37.9. The molecule has 7 heteroatoms. The van der Waals surface area contributed by atoms with Crippen LogP contribution in [-0.4, -0.2) is 52.3 Å². The molecule has 2 aromatic rings. The Bertz CT molecular complexity index is 873. The molecule has 0 amide bonds. The number of nitrogens with zero attached hydrogens (tertiary/aromatic N) is 1. The number of benzene rings is 2. The van der Waals surface area contributed by atoms with Crippen LogP contribution in [0, 0.1) is 18.3 Å². The van der Waals surface area contributed by atoms with Gasteiger partial charge in [-0.1, -0.05) is 0 Å². The number of hydrogen-bond acceptors (Lipinski definition) is 7. The molecule has 0 aromatic heterocycles. The van der Waals surface area contributed by atoms with Crippen molar-refractivity contribution in [3.05, 3.63) is 64.7 Å². The molecule has 1 aliphatic rings. The Morgan fingerprint density at radius 2 is 1.85 bits per heavy atom. The molecule has 3 N–H and O–H groups in total. The zero-order valence-corrected chi connectivity index (χ0v) is 14.6. The normalized spacial score (nSPS) is 24.9. The van der Waals surface area contributed by atoms with Crippen molar-refractivity contribution in [3.63, 3.8) is 0 Å². The van der Waals surface area contributed by atoms with E-state index in [-0.39, 0.29) is 12.4 Å². The van der Waals surface area contributed by atoms with Crippen molar-refractivity contribution in [2.75, 3.05) is 6.61 Å². The minimum Gasteiger partial charge on any atom is -0.462 e. The molecule has 0 spiro atoms. The Kier molecular flexibility index (Phi) is 5.54. The standard InChI is InChI=1S/C20H19NO6/c1-11-8-14(27-20-19(25)18(24)16(22)10-26-20)6-7-15(11)17(23)13-4-2-12(9-21)3-5-13/h2-8,16,18-20,22,24-25H,10H2,1H3/t16-,18+,19-,20-/m0/s1. The summed E-state index contributed by atoms with van der Waals surface area (Å²) >= 11 is 0. The molecule has 0 saturated carbocycles. The van der Waals surface area contributed by atoms with Gasteiger partial charge in [0.1, 0.15) is 24.1 Å². The summed E-state index contributed by atoms with van der Waals surface area (Å²) in [5.41, 5.74) is 2.08. The number of rotatable bonds is 4. The van der Waals surface area contributed by atoms with Crippen LogP contribution in [0.5, 0.6) is 5.75 Å². The predicted molar refractivity (Wildman–Crippen MR) is 94.2 cm³/mol. The summed E-state index contributed by atoms with van der Waals surface area (Å²) in [6, 6.07) is 13.2. The molecule has 1 saturated heterocycles. The van der Waals surface area contributed by atoms with E-state index in [2.05, 4.69) is 0 Å². The maximum Gasteiger partial charge on any atom is 0.228 e. The van der Waals surface area contributed by atoms with Crippen molar-refractivity contribution in [1.29, 1.82) is 5.26 Å². The third-order valence-electron chi connectivity index (χ3n) is 4.43. The first-order valence-electron chi connectivity index (χ1n) is 8.38. The van der Waals surface area contributed by atoms with Gasteiger partial charge in [-0.05, 0) is 55.0 Å². The number of aryl methyl sites for hydroxylation is 1. The lowest BCUT2D eigenvalue weighted by molar-refractivity contribution is -0.242. The van der Waals surface area contributed by atoms with Crippen molar-refractivity contribution in [1.82, 2.24) is 0 Å². The van der Waals surface area contributed by atoms with E-state index in [0.717, 1.165) is 0 Å². The van der Waals surface area contributed by atoms with Crippen LogP contribution in [0.15, 0.2) is 42.5 Å². The molecule has 0 bridgehead atoms. The Balaban J connectivity index is 1.75. The lowest BCUT2D eigenvalue weighted by Crippen LogP contribution is -2.54. The molecule has 0 radical (unpaired) electrons. The van der Waals surface area contributed by atoms with Gasteiger partial charge in [-0.25, -0.2) is 0 Å². The molecule has 0 unspecified atom stereocenters. The van der Waals surface area contributed by atoms with Gasteiger partial charge in [-0.15, -0.1) is 0 Å². The van der Waals surface area contributed by atoms with Gasteiger partial charge in [0.25, 0.3) is 0 Å². The minimum atomic E-state index is -1.39. The van der Waals surface area contributed by atoms with Crippen LogP contribution < -0.4 is 4.74 Å². The van der Waals surface area contributed by atoms with Gasteiger partial charge in [-0.3, -0.25) is 4.79 Å². The van der Waals surface area contributed by atoms with Crippen LogP contribution in [-0.2, 0) is 4.74 Å². The van der Waals surface area contributed by atoms with Crippen molar-refractivity contribution in [2.24, 2.45) is 0 Å². The number of nitriles is 1. The number of aliphatic hydroxyl groups excluding tert-OH is 3. The predicted octanol–water partition coefficient (Wildman–Crippen LogP) is 0.916. The number of ether oxygens (including phenoxy) is 2. The number of hydrogen-bond donors (Lipinski definition) is 3. The van der Waals surface area contributed by atoms with E-state index in [4.69, 9.17) is 14.7 Å². The maximum absolute atomic E-state index is 12.6. The van der Waals surface area contributed by atoms with Crippen molar-refractivity contribution in [3.8, 4) is 11.8 Å². The maximum atomic E-state index is 12.6. The average molecular weight is 369 g/mol. The first-order valence-corrected chi connectivity index (χ1v) is 8.38. The van der Waals surface area contributed by atoms with E-state index in [1.807, 2.05) is 6.07 Å². The zero-order valence-electron chi connectivity index (χ0n) is 14.6. The highest BCUT2D eigenvalue weighted by Crippen LogP contribution is 2.24. The Hall–Kier alpha value is -2.76. The minimum absolute atomic E-state index is 0.156. The fourth-order valence-corrected chi connectivity index (χ4v) is 2.83. The second-order valence-electron chi connectivity index (χ2n) is 6.36. The Morgan fingerprint density at radius 1 is 1.15 bits per heavy atom. The first-order chi connectivity index (χ1) is 12.9. The van der Waals surface area contributed by atoms with Gasteiger partial charge in [0.15, 0.2) is 5.78 Å². The number of aliphatic hydroxyl groups is 3. The van der Waals surface area contributed by atoms with Crippen molar-refractivity contribution >= 4 is 5.78 Å². The van der Waals surface area contributed by atoms with E-state index >= 15 is 0 Å². The Morgan fingerprint density at radius 3 is 2.48 bits per heavy atom. The third kappa shape index (κ3) is 3.99. The first kappa shape index (κ1) is 19.0. The molecule has 1 heterocycles. The van der Waals surface area contributed by atoms with Crippen LogP contribution in [0.1, 0.15) is 27.0 Å². The summed E-state index contributed by atoms with van der Waals surface area (Å²) in [4.78, 5) is 12.6. The van der Waals surface area contributed by atoms with Gasteiger partial charge >= 0.3 is 0 Å². The second-order valence-corrected chi connectivity index (χ2v) is 6.36. The van der Waals surface area contributed by atoms with Gasteiger partial charge in [0.2, 0.25) is 6.29 Å². The fourth-order valence-electron chi connectivity index (χ4n) is 2.83. The third-order valence-corrected chi connectivity index (χ3v) is 4.43. The van der Waals surface area contributed by atoms with Gasteiger partial charge in [-0.2, -0.15) is 5.26 Å². The number of ketones is 1. The topological polar surface area (TPSA) is 120 Å². The van der Waals surface area contributed by atoms with Crippen LogP contribution >= 0.6 is 0 Å². The highest BCUT2D eigenvalue weighted by molar-refractivity contribution is 6.10. The van der Waals surface area contributed by atoms with E-state index < -0.39 is 24.6 Å². The van der Waals surface area contributed by atoms with Crippen LogP contribution in [0.25, 0.3) is 0 Å². The quantitative estimate of drug-likeness (QED) is 0.685. The fraction of sp³-hybridized carbons (Fsp3) is 0.300. The highest BCUT2D eigenvalue weighted by atomic mass is 16.7. The van der Waals surface area contributed by atoms with Crippen LogP contribution in [0.2, 0.25) is 0 Å². The molecule has 1 aliphatic heterocycles. The van der Waals surface area contributed by atoms with E-state index in [1.165, 1.54) is 0 Å². The van der Waals surface area contributed by atoms with E-state index in [9.17, 15) is 20.1 Å². The molecule has 7 nitrogen and oxygen atoms in total. The van der Waals surface area contributed by atoms with Crippen LogP contribution in [0.3, 0.4) is 0 Å². The molecule has 0 aliphatic carbocycles. The molecular formula is C20H19NO6. The van der Waals surface area contributed by atoms with Crippen LogP contribution in [0.4, 0.5) is 0 Å². The number of carbonyl (C=O) groups excluding carboxylic acids is 1. The molecule has 2 aromatic carbocycles. The van der Waals surface area contributed by atoms with Gasteiger partial charge in [0.05, 0.1) is 18.2 Å². The lowest BCUT2D eigenvalue weighted by atomic mass is 9.98. The monoisotopic (exact) mass is 369 g/mol. The molecule has 140 valence electrons. The van der Waals surface area contributed by atoms with E-state index in [1.54, 1.807) is 49.4 Å². The van der Waals surface area contributed by atoms with Gasteiger partial charge in [0, 0.05) is 11.1 Å². The van der Waals surface area contributed by atoms with E-state index in [0.29, 0.717) is 28.0 Å². The molecule has 4 atom stereocenters. The zero-order chi connectivity index (χ0) is 19.6. The molecule has 27 heavy (non-hydrogen) atoms. The summed E-state index contributed by atoms with van der Waals surface area (Å²) in [6.45, 7) is 1.59. The highest BCUT2D eigenvalue weighted by Gasteiger charge is 2.39. The molecule has 3 rings (SSSR count). The SMILES string of the molecule is Cc1cc(O[C@@H]2OC[C@H](O)[C@@H](O)[C@@H]2O)ccc1C(=O)c1ccc(C#N)cc1. The average Bonchev–Trinajstić information content (AvgIpc) is 2.68. The largest absolute Gasteiger partial charge is 0.462 e. The smallest absolute Gasteiger partial charge is 0.228 e. The summed E-state index contributed by atoms with van der Waals surface area (Å²) in [6.07, 6.45) is -5.05. The Labute approximate surface area is 156 Å². The molecule has 1 fully saturated rings. The van der Waals surface area contributed by atoms with Crippen molar-refractivity contribution in [2.45, 2.75) is 31.5 Å². The summed E-state index contributed by atoms with van der Waals surface area (Å²) in [5.74, 6) is 0.174. The number of carbonyl (C=O) groups is 1. The summed E-state index contributed by atoms with van der Waals surface area (Å²) in [7, 11) is 0. The molecular weight excluding hydrogens is 350 g/mol. The lowest BCUT2D eigenvalue weighted by Gasteiger charge is -2.35.